The molecule has 4 heteroatoms. The lowest BCUT2D eigenvalue weighted by Gasteiger charge is -2.08. The van der Waals surface area contributed by atoms with Gasteiger partial charge in [-0.05, 0) is 13.8 Å². The van der Waals surface area contributed by atoms with E-state index in [9.17, 15) is 13.2 Å². The Morgan fingerprint density at radius 3 is 1.81 bits per heavy atom. The molecule has 0 aliphatic rings. The molecule has 0 fully saturated rings. The SMILES string of the molecule is C/C=C(\NC)C(F)(F)F.Cc1ccccc1. The summed E-state index contributed by atoms with van der Waals surface area (Å²) < 4.78 is 34.8. The molecule has 0 atom stereocenters. The van der Waals surface area contributed by atoms with Crippen molar-refractivity contribution in [2.45, 2.75) is 20.0 Å². The number of nitrogens with one attached hydrogen (secondary N) is 1. The van der Waals surface area contributed by atoms with Crippen LogP contribution in [0, 0.1) is 6.92 Å². The molecule has 0 amide bonds. The molecular weight excluding hydrogens is 215 g/mol. The summed E-state index contributed by atoms with van der Waals surface area (Å²) in [7, 11) is 1.24. The smallest absolute Gasteiger partial charge is 0.384 e. The molecule has 0 aliphatic carbocycles. The van der Waals surface area contributed by atoms with Crippen LogP contribution in [0.4, 0.5) is 13.2 Å². The predicted octanol–water partition coefficient (Wildman–Crippen LogP) is 3.67. The molecule has 0 aliphatic heterocycles. The van der Waals surface area contributed by atoms with E-state index in [-0.39, 0.29) is 0 Å². The lowest BCUT2D eigenvalue weighted by Crippen LogP contribution is -2.22. The standard InChI is InChI=1S/C7H8.C5H8F3N/c1-7-5-3-2-4-6-7;1-3-4(9-2)5(6,7)8/h2-6H,1H3;3,9H,1-2H3/b;4-3-. The molecule has 0 heterocycles. The van der Waals surface area contributed by atoms with Crippen LogP contribution in [-0.4, -0.2) is 13.2 Å². The topological polar surface area (TPSA) is 12.0 Å². The minimum atomic E-state index is -4.23. The van der Waals surface area contributed by atoms with Crippen LogP contribution in [0.1, 0.15) is 12.5 Å². The van der Waals surface area contributed by atoms with Crippen molar-refractivity contribution in [3.8, 4) is 0 Å². The number of halogens is 3. The number of hydrogen-bond acceptors (Lipinski definition) is 1. The van der Waals surface area contributed by atoms with Crippen molar-refractivity contribution in [3.63, 3.8) is 0 Å². The summed E-state index contributed by atoms with van der Waals surface area (Å²) in [5.74, 6) is 0. The van der Waals surface area contributed by atoms with Gasteiger partial charge in [0.1, 0.15) is 5.70 Å². The average Bonchev–Trinajstić information content (AvgIpc) is 2.19. The Hall–Kier alpha value is -1.45. The van der Waals surface area contributed by atoms with Crippen LogP contribution in [-0.2, 0) is 0 Å². The van der Waals surface area contributed by atoms with E-state index >= 15 is 0 Å². The minimum absolute atomic E-state index is 0.706. The maximum atomic E-state index is 11.6. The second-order valence-corrected chi connectivity index (χ2v) is 3.10. The highest BCUT2D eigenvalue weighted by molar-refractivity contribution is 5.11. The zero-order chi connectivity index (χ0) is 12.6. The van der Waals surface area contributed by atoms with Crippen molar-refractivity contribution in [2.24, 2.45) is 0 Å². The summed E-state index contributed by atoms with van der Waals surface area (Å²) in [6.07, 6.45) is -3.25. The van der Waals surface area contributed by atoms with Crippen LogP contribution in [0.5, 0.6) is 0 Å². The van der Waals surface area contributed by atoms with Crippen LogP contribution in [0.15, 0.2) is 42.1 Å². The first kappa shape index (κ1) is 14.6. The molecule has 0 saturated heterocycles. The third-order valence-electron chi connectivity index (χ3n) is 1.80. The fraction of sp³-hybridized carbons (Fsp3) is 0.333. The fourth-order valence-corrected chi connectivity index (χ4v) is 0.984. The number of benzene rings is 1. The van der Waals surface area contributed by atoms with Gasteiger partial charge in [-0.2, -0.15) is 13.2 Å². The molecule has 1 rings (SSSR count). The van der Waals surface area contributed by atoms with E-state index in [1.165, 1.54) is 19.5 Å². The number of hydrogen-bond donors (Lipinski definition) is 1. The molecule has 0 radical (unpaired) electrons. The Bertz CT molecular complexity index is 315. The first-order valence-corrected chi connectivity index (χ1v) is 4.84. The summed E-state index contributed by atoms with van der Waals surface area (Å²) >= 11 is 0. The molecule has 1 aromatic rings. The lowest BCUT2D eigenvalue weighted by molar-refractivity contribution is -0.0961. The summed E-state index contributed by atoms with van der Waals surface area (Å²) in [4.78, 5) is 0. The molecule has 90 valence electrons. The molecule has 1 nitrogen and oxygen atoms in total. The second-order valence-electron chi connectivity index (χ2n) is 3.10. The third kappa shape index (κ3) is 6.11. The molecule has 1 aromatic carbocycles. The molecule has 16 heavy (non-hydrogen) atoms. The van der Waals surface area contributed by atoms with Crippen LogP contribution in [0.25, 0.3) is 0 Å². The van der Waals surface area contributed by atoms with Gasteiger partial charge in [0, 0.05) is 7.05 Å². The molecule has 0 spiro atoms. The molecule has 0 unspecified atom stereocenters. The van der Waals surface area contributed by atoms with Crippen molar-refractivity contribution in [2.75, 3.05) is 7.05 Å². The van der Waals surface area contributed by atoms with Crippen LogP contribution >= 0.6 is 0 Å². The van der Waals surface area contributed by atoms with Crippen molar-refractivity contribution < 1.29 is 13.2 Å². The Balaban J connectivity index is 0.000000288. The largest absolute Gasteiger partial charge is 0.430 e. The Morgan fingerprint density at radius 1 is 1.19 bits per heavy atom. The second kappa shape index (κ2) is 6.93. The van der Waals surface area contributed by atoms with Gasteiger partial charge in [-0.1, -0.05) is 42.0 Å². The van der Waals surface area contributed by atoms with E-state index in [2.05, 4.69) is 19.1 Å². The number of allylic oxidation sites excluding steroid dienone is 2. The number of alkyl halides is 3. The summed E-state index contributed by atoms with van der Waals surface area (Å²) in [6.45, 7) is 3.42. The molecule has 0 aromatic heterocycles. The zero-order valence-electron chi connectivity index (χ0n) is 9.60. The average molecular weight is 231 g/mol. The predicted molar refractivity (Wildman–Crippen MR) is 60.1 cm³/mol. The molecule has 0 saturated carbocycles. The van der Waals surface area contributed by atoms with E-state index < -0.39 is 11.9 Å². The van der Waals surface area contributed by atoms with Gasteiger partial charge in [-0.25, -0.2) is 0 Å². The van der Waals surface area contributed by atoms with Gasteiger partial charge in [0.2, 0.25) is 0 Å². The van der Waals surface area contributed by atoms with Crippen molar-refractivity contribution in [1.29, 1.82) is 0 Å². The van der Waals surface area contributed by atoms with Crippen LogP contribution in [0.2, 0.25) is 0 Å². The van der Waals surface area contributed by atoms with Gasteiger partial charge in [-0.3, -0.25) is 0 Å². The normalized spacial score (nSPS) is 11.5. The van der Waals surface area contributed by atoms with Crippen molar-refractivity contribution in [1.82, 2.24) is 5.32 Å². The Morgan fingerprint density at radius 2 is 1.69 bits per heavy atom. The maximum absolute atomic E-state index is 11.6. The molecule has 0 bridgehead atoms. The number of rotatable bonds is 1. The lowest BCUT2D eigenvalue weighted by atomic mass is 10.2. The van der Waals surface area contributed by atoms with E-state index in [1.54, 1.807) is 0 Å². The quantitative estimate of drug-likeness (QED) is 0.777. The fourth-order valence-electron chi connectivity index (χ4n) is 0.984. The third-order valence-corrected chi connectivity index (χ3v) is 1.80. The summed E-state index contributed by atoms with van der Waals surface area (Å²) in [5, 5.41) is 2.03. The van der Waals surface area contributed by atoms with Gasteiger partial charge in [0.05, 0.1) is 0 Å². The van der Waals surface area contributed by atoms with Gasteiger partial charge >= 0.3 is 6.18 Å². The first-order valence-electron chi connectivity index (χ1n) is 4.84. The highest BCUT2D eigenvalue weighted by atomic mass is 19.4. The van der Waals surface area contributed by atoms with Gasteiger partial charge in [0.15, 0.2) is 0 Å². The molecular formula is C12H16F3N. The maximum Gasteiger partial charge on any atom is 0.430 e. The highest BCUT2D eigenvalue weighted by Gasteiger charge is 2.31. The zero-order valence-corrected chi connectivity index (χ0v) is 9.60. The Kier molecular flexibility index (Phi) is 6.30. The van der Waals surface area contributed by atoms with Crippen molar-refractivity contribution in [3.05, 3.63) is 47.7 Å². The first-order chi connectivity index (χ1) is 7.41. The van der Waals surface area contributed by atoms with E-state index in [4.69, 9.17) is 0 Å². The monoisotopic (exact) mass is 231 g/mol. The summed E-state index contributed by atoms with van der Waals surface area (Å²) in [6, 6.07) is 10.3. The highest BCUT2D eigenvalue weighted by Crippen LogP contribution is 2.22. The van der Waals surface area contributed by atoms with E-state index in [0.29, 0.717) is 0 Å². The van der Waals surface area contributed by atoms with E-state index in [1.807, 2.05) is 23.5 Å². The molecule has 1 N–H and O–H groups in total. The van der Waals surface area contributed by atoms with E-state index in [0.717, 1.165) is 6.08 Å². The minimum Gasteiger partial charge on any atom is -0.384 e. The Labute approximate surface area is 94.0 Å². The summed E-state index contributed by atoms with van der Waals surface area (Å²) in [5.41, 5.74) is 0.616. The van der Waals surface area contributed by atoms with Crippen LogP contribution < -0.4 is 5.32 Å². The van der Waals surface area contributed by atoms with Gasteiger partial charge in [0.25, 0.3) is 0 Å². The van der Waals surface area contributed by atoms with Gasteiger partial charge in [-0.15, -0.1) is 0 Å². The van der Waals surface area contributed by atoms with Crippen molar-refractivity contribution >= 4 is 0 Å². The van der Waals surface area contributed by atoms with Gasteiger partial charge < -0.3 is 5.32 Å². The van der Waals surface area contributed by atoms with Crippen LogP contribution in [0.3, 0.4) is 0 Å². The number of aryl methyl sites for hydroxylation is 1.